The van der Waals surface area contributed by atoms with Crippen LogP contribution in [0.4, 0.5) is 5.95 Å². The highest BCUT2D eigenvalue weighted by Gasteiger charge is 2.61. The van der Waals surface area contributed by atoms with Gasteiger partial charge in [0.15, 0.2) is 23.5 Å². The number of carbonyl (C=O) groups is 1. The van der Waals surface area contributed by atoms with E-state index in [4.69, 9.17) is 33.5 Å². The van der Waals surface area contributed by atoms with Crippen LogP contribution in [-0.2, 0) is 32.4 Å². The number of nitrogen functional groups attached to an aromatic ring is 1. The minimum atomic E-state index is -4.37. The van der Waals surface area contributed by atoms with Crippen molar-refractivity contribution in [3.8, 4) is 5.88 Å². The molecule has 38 heavy (non-hydrogen) atoms. The fourth-order valence-electron chi connectivity index (χ4n) is 4.46. The van der Waals surface area contributed by atoms with Crippen LogP contribution in [0, 0.1) is 0 Å². The second-order valence-corrected chi connectivity index (χ2v) is 10.4. The number of nitrogens with zero attached hydrogens (tertiary/aromatic N) is 4. The zero-order chi connectivity index (χ0) is 27.1. The summed E-state index contributed by atoms with van der Waals surface area (Å²) in [6.07, 6.45) is -3.05. The summed E-state index contributed by atoms with van der Waals surface area (Å²) in [7, 11) is -4.37. The Kier molecular flexibility index (Phi) is 7.11. The van der Waals surface area contributed by atoms with Crippen molar-refractivity contribution in [1.29, 1.82) is 0 Å². The highest BCUT2D eigenvalue weighted by Crippen LogP contribution is 2.61. The largest absolute Gasteiger partial charge is 0.476 e. The van der Waals surface area contributed by atoms with Gasteiger partial charge in [-0.05, 0) is 26.3 Å². The summed E-state index contributed by atoms with van der Waals surface area (Å²) in [6, 6.07) is 8.40. The van der Waals surface area contributed by atoms with Gasteiger partial charge in [-0.25, -0.2) is 14.3 Å². The molecule has 1 unspecified atom stereocenters. The van der Waals surface area contributed by atoms with Gasteiger partial charge in [0.25, 0.3) is 0 Å². The quantitative estimate of drug-likeness (QED) is 0.309. The van der Waals surface area contributed by atoms with Crippen molar-refractivity contribution in [2.75, 3.05) is 25.6 Å². The van der Waals surface area contributed by atoms with E-state index in [0.29, 0.717) is 17.7 Å². The van der Waals surface area contributed by atoms with Gasteiger partial charge in [-0.3, -0.25) is 18.1 Å². The van der Waals surface area contributed by atoms with Crippen molar-refractivity contribution < 1.29 is 42.2 Å². The highest BCUT2D eigenvalue weighted by atomic mass is 31.2. The van der Waals surface area contributed by atoms with E-state index in [9.17, 15) is 14.5 Å². The zero-order valence-corrected chi connectivity index (χ0v) is 21.8. The van der Waals surface area contributed by atoms with Crippen LogP contribution in [0.15, 0.2) is 36.7 Å². The second-order valence-electron chi connectivity index (χ2n) is 8.81. The number of esters is 1. The van der Waals surface area contributed by atoms with Gasteiger partial charge in [0.2, 0.25) is 11.8 Å². The minimum Gasteiger partial charge on any atom is -0.476 e. The molecule has 0 amide bonds. The van der Waals surface area contributed by atoms with Gasteiger partial charge in [0.1, 0.15) is 17.8 Å². The van der Waals surface area contributed by atoms with Crippen molar-refractivity contribution in [1.82, 2.24) is 19.5 Å². The van der Waals surface area contributed by atoms with Gasteiger partial charge in [-0.15, -0.1) is 0 Å². The smallest absolute Gasteiger partial charge is 0.476 e. The van der Waals surface area contributed by atoms with Crippen molar-refractivity contribution in [3.05, 3.63) is 42.2 Å². The van der Waals surface area contributed by atoms with E-state index >= 15 is 0 Å². The summed E-state index contributed by atoms with van der Waals surface area (Å²) >= 11 is 0. The molecule has 2 fully saturated rings. The summed E-state index contributed by atoms with van der Waals surface area (Å²) in [4.78, 5) is 25.3. The van der Waals surface area contributed by atoms with Gasteiger partial charge >= 0.3 is 13.8 Å². The third-order valence-electron chi connectivity index (χ3n) is 6.13. The first-order valence-corrected chi connectivity index (χ1v) is 13.5. The SMILES string of the molecule is CCOC(=O)C(O[P@]1(=O)OC[C@H]2O[C@@H](n3cnc4c(OCC)nc(N)nc43)[C@](C)(O)[C@@H]2O1)c1ccccc1. The number of rotatable bonds is 8. The molecule has 6 atom stereocenters. The zero-order valence-electron chi connectivity index (χ0n) is 20.9. The number of hydrogen-bond donors (Lipinski definition) is 2. The van der Waals surface area contributed by atoms with Crippen LogP contribution in [0.1, 0.15) is 38.7 Å². The molecule has 2 aromatic heterocycles. The van der Waals surface area contributed by atoms with Crippen molar-refractivity contribution in [2.24, 2.45) is 0 Å². The maximum Gasteiger partial charge on any atom is 0.476 e. The van der Waals surface area contributed by atoms with Crippen LogP contribution in [0.3, 0.4) is 0 Å². The molecule has 0 radical (unpaired) electrons. The van der Waals surface area contributed by atoms with Gasteiger partial charge in [-0.2, -0.15) is 9.97 Å². The molecule has 2 saturated heterocycles. The number of imidazole rings is 1. The lowest BCUT2D eigenvalue weighted by atomic mass is 9.96. The molecule has 2 aliphatic heterocycles. The number of aliphatic hydroxyl groups is 1. The first-order chi connectivity index (χ1) is 18.2. The molecule has 14 nitrogen and oxygen atoms in total. The lowest BCUT2D eigenvalue weighted by Gasteiger charge is -2.35. The number of aromatic nitrogens is 4. The van der Waals surface area contributed by atoms with E-state index in [0.717, 1.165) is 0 Å². The van der Waals surface area contributed by atoms with Crippen LogP contribution in [0.25, 0.3) is 11.2 Å². The molecular formula is C23H28N5O9P. The first kappa shape index (κ1) is 26.5. The molecule has 3 N–H and O–H groups in total. The average Bonchev–Trinajstić information content (AvgIpc) is 3.41. The Hall–Kier alpha value is -3.13. The van der Waals surface area contributed by atoms with E-state index in [1.165, 1.54) is 17.8 Å². The van der Waals surface area contributed by atoms with E-state index in [2.05, 4.69) is 15.0 Å². The predicted octanol–water partition coefficient (Wildman–Crippen LogP) is 2.30. The molecule has 15 heteroatoms. The van der Waals surface area contributed by atoms with Crippen molar-refractivity contribution in [2.45, 2.75) is 50.9 Å². The Morgan fingerprint density at radius 3 is 2.76 bits per heavy atom. The van der Waals surface area contributed by atoms with Gasteiger partial charge in [0, 0.05) is 0 Å². The fraction of sp³-hybridized carbons (Fsp3) is 0.478. The van der Waals surface area contributed by atoms with Crippen molar-refractivity contribution >= 4 is 30.9 Å². The molecule has 0 bridgehead atoms. The Bertz CT molecular complexity index is 1370. The Balaban J connectivity index is 1.43. The van der Waals surface area contributed by atoms with Crippen LogP contribution in [0.5, 0.6) is 5.88 Å². The van der Waals surface area contributed by atoms with Crippen LogP contribution < -0.4 is 10.5 Å². The van der Waals surface area contributed by atoms with Gasteiger partial charge in [-0.1, -0.05) is 30.3 Å². The number of ether oxygens (including phenoxy) is 3. The first-order valence-electron chi connectivity index (χ1n) is 12.0. The molecule has 3 aromatic rings. The molecule has 204 valence electrons. The topological polar surface area (TPSA) is 179 Å². The third kappa shape index (κ3) is 4.75. The van der Waals surface area contributed by atoms with Crippen LogP contribution in [-0.4, -0.2) is 68.2 Å². The number of anilines is 1. The second kappa shape index (κ2) is 10.2. The Labute approximate surface area is 217 Å². The van der Waals surface area contributed by atoms with E-state index < -0.39 is 43.9 Å². The maximum absolute atomic E-state index is 13.6. The van der Waals surface area contributed by atoms with Crippen LogP contribution >= 0.6 is 7.82 Å². The lowest BCUT2D eigenvalue weighted by Crippen LogP contribution is -2.47. The molecule has 5 rings (SSSR count). The van der Waals surface area contributed by atoms with E-state index in [1.54, 1.807) is 44.2 Å². The number of carbonyl (C=O) groups excluding carboxylic acids is 1. The summed E-state index contributed by atoms with van der Waals surface area (Å²) in [6.45, 7) is 5.06. The molecule has 0 saturated carbocycles. The third-order valence-corrected chi connectivity index (χ3v) is 7.55. The maximum atomic E-state index is 13.6. The molecule has 1 aromatic carbocycles. The minimum absolute atomic E-state index is 0.0545. The number of fused-ring (bicyclic) bond motifs is 2. The summed E-state index contributed by atoms with van der Waals surface area (Å²) in [5, 5.41) is 11.6. The van der Waals surface area contributed by atoms with Gasteiger partial charge in [0.05, 0.1) is 26.1 Å². The number of hydrogen-bond acceptors (Lipinski definition) is 13. The number of phosphoric acid groups is 1. The summed E-state index contributed by atoms with van der Waals surface area (Å²) in [5.74, 6) is -0.629. The standard InChI is InChI=1S/C23H28N5O9P/c1-4-32-19-15-18(26-22(24)27-19)28(12-25-15)21-23(3,30)17-14(35-21)11-34-38(31,37-17)36-16(20(29)33-5-2)13-9-7-6-8-10-13/h6-10,12,14,16-17,21,30H,4-5,11H2,1-3H3,(H2,24,26,27)/t14-,16?,17-,21-,23-,38+/m1/s1. The monoisotopic (exact) mass is 549 g/mol. The predicted molar refractivity (Wildman–Crippen MR) is 131 cm³/mol. The van der Waals surface area contributed by atoms with E-state index in [1.807, 2.05) is 0 Å². The number of phosphoric ester groups is 1. The molecule has 2 aliphatic rings. The Morgan fingerprint density at radius 2 is 2.05 bits per heavy atom. The van der Waals surface area contributed by atoms with Gasteiger partial charge < -0.3 is 25.1 Å². The molecule has 0 spiro atoms. The lowest BCUT2D eigenvalue weighted by molar-refractivity contribution is -0.155. The number of nitrogens with two attached hydrogens (primary N) is 1. The van der Waals surface area contributed by atoms with E-state index in [-0.39, 0.29) is 30.7 Å². The summed E-state index contributed by atoms with van der Waals surface area (Å²) < 4.78 is 48.6. The number of benzene rings is 1. The molecule has 4 heterocycles. The van der Waals surface area contributed by atoms with Crippen molar-refractivity contribution in [3.63, 3.8) is 0 Å². The van der Waals surface area contributed by atoms with Crippen LogP contribution in [0.2, 0.25) is 0 Å². The Morgan fingerprint density at radius 1 is 1.29 bits per heavy atom. The summed E-state index contributed by atoms with van der Waals surface area (Å²) in [5.41, 5.74) is 5.07. The fourth-order valence-corrected chi connectivity index (χ4v) is 6.05. The molecular weight excluding hydrogens is 521 g/mol. The average molecular weight is 549 g/mol. The normalized spacial score (nSPS) is 29.6. The molecule has 0 aliphatic carbocycles. The highest BCUT2D eigenvalue weighted by molar-refractivity contribution is 7.48.